The Balaban J connectivity index is 1.79. The summed E-state index contributed by atoms with van der Waals surface area (Å²) >= 11 is 0. The van der Waals surface area contributed by atoms with Crippen LogP contribution in [0.2, 0.25) is 0 Å². The van der Waals surface area contributed by atoms with Gasteiger partial charge in [-0.05, 0) is 30.7 Å². The number of rotatable bonds is 4. The molecule has 1 heterocycles. The monoisotopic (exact) mass is 374 g/mol. The van der Waals surface area contributed by atoms with Crippen LogP contribution in [-0.2, 0) is 0 Å². The largest absolute Gasteiger partial charge is 0.457 e. The molecule has 0 atom stereocenters. The summed E-state index contributed by atoms with van der Waals surface area (Å²) in [5.74, 6) is -0.364. The lowest BCUT2D eigenvalue weighted by atomic mass is 10.1. The smallest absolute Gasteiger partial charge is 0.275 e. The van der Waals surface area contributed by atoms with Crippen LogP contribution >= 0.6 is 0 Å². The molecule has 3 aromatic rings. The van der Waals surface area contributed by atoms with Crippen molar-refractivity contribution in [2.75, 3.05) is 4.90 Å². The maximum Gasteiger partial charge on any atom is 0.275 e. The second kappa shape index (κ2) is 6.62. The first-order valence-corrected chi connectivity index (χ1v) is 8.46. The highest BCUT2D eigenvalue weighted by Crippen LogP contribution is 2.36. The zero-order valence-corrected chi connectivity index (χ0v) is 14.8. The Kier molecular flexibility index (Phi) is 4.12. The van der Waals surface area contributed by atoms with E-state index < -0.39 is 16.7 Å². The topological polar surface area (TPSA) is 89.8 Å². The minimum atomic E-state index is -0.591. The van der Waals surface area contributed by atoms with Crippen LogP contribution < -0.4 is 9.64 Å². The molecule has 0 unspecified atom stereocenters. The SMILES string of the molecule is Cc1ccccc1Oc1cc(N2C(=O)c3ccccc3C2=O)cc([N+](=O)[O-])c1. The van der Waals surface area contributed by atoms with Crippen LogP contribution in [0.4, 0.5) is 11.4 Å². The third-order valence-corrected chi connectivity index (χ3v) is 4.46. The highest BCUT2D eigenvalue weighted by molar-refractivity contribution is 6.34. The molecule has 138 valence electrons. The third kappa shape index (κ3) is 2.88. The summed E-state index contributed by atoms with van der Waals surface area (Å²) in [6.45, 7) is 1.84. The fourth-order valence-electron chi connectivity index (χ4n) is 3.08. The normalized spacial score (nSPS) is 12.8. The number of nitro groups is 1. The second-order valence-electron chi connectivity index (χ2n) is 6.30. The molecule has 0 aromatic heterocycles. The van der Waals surface area contributed by atoms with Gasteiger partial charge in [0.25, 0.3) is 17.5 Å². The van der Waals surface area contributed by atoms with E-state index in [0.29, 0.717) is 5.75 Å². The number of fused-ring (bicyclic) bond motifs is 1. The molecule has 1 aliphatic rings. The molecular weight excluding hydrogens is 360 g/mol. The van der Waals surface area contributed by atoms with Crippen LogP contribution in [0.15, 0.2) is 66.7 Å². The van der Waals surface area contributed by atoms with E-state index in [9.17, 15) is 19.7 Å². The van der Waals surface area contributed by atoms with Gasteiger partial charge in [-0.1, -0.05) is 30.3 Å². The quantitative estimate of drug-likeness (QED) is 0.381. The molecule has 2 amide bonds. The summed E-state index contributed by atoms with van der Waals surface area (Å²) in [7, 11) is 0. The number of ether oxygens (including phenoxy) is 1. The molecule has 0 radical (unpaired) electrons. The Labute approximate surface area is 159 Å². The Hall–Kier alpha value is -4.00. The van der Waals surface area contributed by atoms with Gasteiger partial charge in [0.2, 0.25) is 0 Å². The van der Waals surface area contributed by atoms with E-state index in [-0.39, 0.29) is 28.3 Å². The van der Waals surface area contributed by atoms with Gasteiger partial charge in [-0.3, -0.25) is 19.7 Å². The van der Waals surface area contributed by atoms with Gasteiger partial charge in [-0.25, -0.2) is 4.90 Å². The van der Waals surface area contributed by atoms with E-state index in [0.717, 1.165) is 10.5 Å². The number of carbonyl (C=O) groups excluding carboxylic acids is 2. The predicted molar refractivity (Wildman–Crippen MR) is 102 cm³/mol. The van der Waals surface area contributed by atoms with Crippen molar-refractivity contribution in [2.45, 2.75) is 6.92 Å². The molecule has 0 saturated heterocycles. The fourth-order valence-corrected chi connectivity index (χ4v) is 3.08. The number of nitrogens with zero attached hydrogens (tertiary/aromatic N) is 2. The standard InChI is InChI=1S/C21H14N2O5/c1-13-6-2-5-9-19(13)28-16-11-14(10-15(12-16)23(26)27)22-20(24)17-7-3-4-8-18(17)21(22)25/h2-12H,1H3. The number of nitro benzene ring substituents is 1. The lowest BCUT2D eigenvalue weighted by Gasteiger charge is -2.16. The molecule has 0 bridgehead atoms. The van der Waals surface area contributed by atoms with Crippen LogP contribution in [0.25, 0.3) is 0 Å². The molecule has 0 saturated carbocycles. The number of anilines is 1. The summed E-state index contributed by atoms with van der Waals surface area (Å²) in [6.07, 6.45) is 0. The summed E-state index contributed by atoms with van der Waals surface area (Å²) in [5.41, 5.74) is 1.18. The summed E-state index contributed by atoms with van der Waals surface area (Å²) < 4.78 is 5.79. The van der Waals surface area contributed by atoms with Crippen LogP contribution in [0.5, 0.6) is 11.5 Å². The number of hydrogen-bond acceptors (Lipinski definition) is 5. The zero-order chi connectivity index (χ0) is 19.8. The van der Waals surface area contributed by atoms with Crippen LogP contribution in [0.1, 0.15) is 26.3 Å². The highest BCUT2D eigenvalue weighted by Gasteiger charge is 2.37. The van der Waals surface area contributed by atoms with Gasteiger partial charge >= 0.3 is 0 Å². The van der Waals surface area contributed by atoms with E-state index in [2.05, 4.69) is 0 Å². The van der Waals surface area contributed by atoms with Crippen molar-refractivity contribution in [3.05, 3.63) is 93.5 Å². The average Bonchev–Trinajstić information content (AvgIpc) is 2.94. The zero-order valence-electron chi connectivity index (χ0n) is 14.8. The number of carbonyl (C=O) groups is 2. The third-order valence-electron chi connectivity index (χ3n) is 4.46. The molecule has 3 aromatic carbocycles. The van der Waals surface area contributed by atoms with Crippen LogP contribution in [0, 0.1) is 17.0 Å². The number of hydrogen-bond donors (Lipinski definition) is 0. The second-order valence-corrected chi connectivity index (χ2v) is 6.30. The van der Waals surface area contributed by atoms with Gasteiger partial charge in [0.1, 0.15) is 11.5 Å². The Morgan fingerprint density at radius 2 is 1.50 bits per heavy atom. The number of amides is 2. The minimum absolute atomic E-state index is 0.0870. The van der Waals surface area contributed by atoms with Crippen molar-refractivity contribution >= 4 is 23.2 Å². The van der Waals surface area contributed by atoms with Crippen molar-refractivity contribution in [2.24, 2.45) is 0 Å². The van der Waals surface area contributed by atoms with Crippen molar-refractivity contribution in [1.29, 1.82) is 0 Å². The first-order chi connectivity index (χ1) is 13.5. The number of non-ortho nitro benzene ring substituents is 1. The van der Waals surface area contributed by atoms with Crippen LogP contribution in [0.3, 0.4) is 0 Å². The summed E-state index contributed by atoms with van der Waals surface area (Å²) in [5, 5.41) is 11.4. The molecule has 7 nitrogen and oxygen atoms in total. The van der Waals surface area contributed by atoms with Gasteiger partial charge < -0.3 is 4.74 Å². The van der Waals surface area contributed by atoms with E-state index in [1.165, 1.54) is 18.2 Å². The van der Waals surface area contributed by atoms with Crippen LogP contribution in [-0.4, -0.2) is 16.7 Å². The maximum atomic E-state index is 12.7. The van der Waals surface area contributed by atoms with E-state index in [1.807, 2.05) is 19.1 Å². The molecule has 0 spiro atoms. The lowest BCUT2D eigenvalue weighted by Crippen LogP contribution is -2.29. The number of aryl methyl sites for hydroxylation is 1. The molecular formula is C21H14N2O5. The van der Waals surface area contributed by atoms with Crippen molar-refractivity contribution < 1.29 is 19.2 Å². The number of benzene rings is 3. The van der Waals surface area contributed by atoms with Crippen molar-refractivity contribution in [3.8, 4) is 11.5 Å². The van der Waals surface area contributed by atoms with Gasteiger partial charge in [0.05, 0.1) is 27.8 Å². The Morgan fingerprint density at radius 3 is 2.11 bits per heavy atom. The van der Waals surface area contributed by atoms with Gasteiger partial charge in [-0.15, -0.1) is 0 Å². The predicted octanol–water partition coefficient (Wildman–Crippen LogP) is 4.50. The van der Waals surface area contributed by atoms with Gasteiger partial charge in [0.15, 0.2) is 0 Å². The molecule has 4 rings (SSSR count). The van der Waals surface area contributed by atoms with Gasteiger partial charge in [-0.2, -0.15) is 0 Å². The minimum Gasteiger partial charge on any atom is -0.457 e. The highest BCUT2D eigenvalue weighted by atomic mass is 16.6. The lowest BCUT2D eigenvalue weighted by molar-refractivity contribution is -0.384. The summed E-state index contributed by atoms with van der Waals surface area (Å²) in [6, 6.07) is 17.5. The molecule has 0 aliphatic carbocycles. The van der Waals surface area contributed by atoms with E-state index >= 15 is 0 Å². The average molecular weight is 374 g/mol. The van der Waals surface area contributed by atoms with E-state index in [1.54, 1.807) is 36.4 Å². The first kappa shape index (κ1) is 17.4. The molecule has 0 N–H and O–H groups in total. The number of imide groups is 1. The molecule has 7 heteroatoms. The molecule has 1 aliphatic heterocycles. The Bertz CT molecular complexity index is 1100. The molecule has 0 fully saturated rings. The first-order valence-electron chi connectivity index (χ1n) is 8.46. The fraction of sp³-hybridized carbons (Fsp3) is 0.0476. The van der Waals surface area contributed by atoms with Crippen molar-refractivity contribution in [1.82, 2.24) is 0 Å². The Morgan fingerprint density at radius 1 is 0.893 bits per heavy atom. The van der Waals surface area contributed by atoms with Crippen molar-refractivity contribution in [3.63, 3.8) is 0 Å². The van der Waals surface area contributed by atoms with Gasteiger partial charge in [0, 0.05) is 12.1 Å². The summed E-state index contributed by atoms with van der Waals surface area (Å²) in [4.78, 5) is 37.1. The maximum absolute atomic E-state index is 12.7. The molecule has 28 heavy (non-hydrogen) atoms. The number of para-hydroxylation sites is 1. The van der Waals surface area contributed by atoms with E-state index in [4.69, 9.17) is 4.74 Å².